The maximum Gasteiger partial charge on any atom is 0.0647 e. The fraction of sp³-hybridized carbons (Fsp3) is 0.556. The average Bonchev–Trinajstić information content (AvgIpc) is 3.31. The van der Waals surface area contributed by atoms with E-state index in [1.165, 1.54) is 61.6 Å². The lowest BCUT2D eigenvalue weighted by molar-refractivity contribution is 0.295. The van der Waals surface area contributed by atoms with Gasteiger partial charge in [-0.05, 0) is 54.2 Å². The van der Waals surface area contributed by atoms with Gasteiger partial charge in [-0.15, -0.1) is 0 Å². The number of aliphatic hydroxyl groups excluding tert-OH is 1. The summed E-state index contributed by atoms with van der Waals surface area (Å²) >= 11 is 0. The molecule has 0 saturated heterocycles. The van der Waals surface area contributed by atoms with Gasteiger partial charge in [-0.25, -0.2) is 0 Å². The summed E-state index contributed by atoms with van der Waals surface area (Å²) in [5, 5.41) is 9.66. The van der Waals surface area contributed by atoms with E-state index >= 15 is 0 Å². The van der Waals surface area contributed by atoms with Crippen LogP contribution in [0.2, 0.25) is 0 Å². The van der Waals surface area contributed by atoms with Crippen molar-refractivity contribution >= 4 is 6.08 Å². The van der Waals surface area contributed by atoms with Crippen molar-refractivity contribution in [1.29, 1.82) is 0 Å². The third-order valence-corrected chi connectivity index (χ3v) is 4.62. The molecule has 0 unspecified atom stereocenters. The Labute approximate surface area is 116 Å². The van der Waals surface area contributed by atoms with Crippen molar-refractivity contribution in [3.05, 3.63) is 41.0 Å². The van der Waals surface area contributed by atoms with E-state index in [1.54, 1.807) is 0 Å². The van der Waals surface area contributed by atoms with E-state index in [0.717, 1.165) is 5.92 Å². The van der Waals surface area contributed by atoms with Crippen LogP contribution >= 0.6 is 0 Å². The second kappa shape index (κ2) is 5.92. The molecule has 0 amide bonds. The number of rotatable bonds is 4. The Morgan fingerprint density at radius 2 is 1.89 bits per heavy atom. The Balaban J connectivity index is 1.78. The van der Waals surface area contributed by atoms with E-state index in [4.69, 9.17) is 0 Å². The van der Waals surface area contributed by atoms with Crippen molar-refractivity contribution in [2.45, 2.75) is 50.9 Å². The summed E-state index contributed by atoms with van der Waals surface area (Å²) in [6.07, 6.45) is 11.5. The van der Waals surface area contributed by atoms with Crippen molar-refractivity contribution in [2.24, 2.45) is 5.92 Å². The van der Waals surface area contributed by atoms with E-state index in [2.05, 4.69) is 30.3 Å². The van der Waals surface area contributed by atoms with E-state index in [1.807, 2.05) is 0 Å². The van der Waals surface area contributed by atoms with Crippen LogP contribution in [0.25, 0.3) is 6.08 Å². The molecule has 0 heterocycles. The predicted octanol–water partition coefficient (Wildman–Crippen LogP) is 4.52. The fourth-order valence-electron chi connectivity index (χ4n) is 3.30. The zero-order valence-corrected chi connectivity index (χ0v) is 11.6. The summed E-state index contributed by atoms with van der Waals surface area (Å²) in [5.74, 6) is 1.42. The molecule has 1 aromatic rings. The van der Waals surface area contributed by atoms with Crippen LogP contribution in [0.15, 0.2) is 29.8 Å². The largest absolute Gasteiger partial charge is 0.392 e. The van der Waals surface area contributed by atoms with Crippen LogP contribution in [-0.4, -0.2) is 11.7 Å². The molecule has 102 valence electrons. The van der Waals surface area contributed by atoms with Crippen LogP contribution < -0.4 is 0 Å². The highest BCUT2D eigenvalue weighted by molar-refractivity contribution is 5.55. The fourth-order valence-corrected chi connectivity index (χ4v) is 3.30. The highest BCUT2D eigenvalue weighted by Crippen LogP contribution is 2.40. The molecule has 19 heavy (non-hydrogen) atoms. The second-order valence-corrected chi connectivity index (χ2v) is 6.16. The predicted molar refractivity (Wildman–Crippen MR) is 80.1 cm³/mol. The Kier molecular flexibility index (Phi) is 4.03. The van der Waals surface area contributed by atoms with Crippen molar-refractivity contribution in [1.82, 2.24) is 0 Å². The van der Waals surface area contributed by atoms with Crippen LogP contribution in [0.1, 0.15) is 62.0 Å². The Morgan fingerprint density at radius 3 is 2.58 bits per heavy atom. The summed E-state index contributed by atoms with van der Waals surface area (Å²) < 4.78 is 0. The van der Waals surface area contributed by atoms with Gasteiger partial charge in [0, 0.05) is 0 Å². The minimum atomic E-state index is 0.221. The molecule has 0 bridgehead atoms. The molecule has 0 radical (unpaired) electrons. The van der Waals surface area contributed by atoms with Crippen molar-refractivity contribution in [2.75, 3.05) is 6.61 Å². The average molecular weight is 256 g/mol. The van der Waals surface area contributed by atoms with Gasteiger partial charge in [0.25, 0.3) is 0 Å². The molecule has 2 aliphatic carbocycles. The molecular formula is C18H24O. The van der Waals surface area contributed by atoms with Gasteiger partial charge in [0.15, 0.2) is 0 Å². The summed E-state index contributed by atoms with van der Waals surface area (Å²) in [5.41, 5.74) is 4.00. The van der Waals surface area contributed by atoms with Gasteiger partial charge in [-0.1, -0.05) is 49.6 Å². The Morgan fingerprint density at radius 1 is 1.11 bits per heavy atom. The molecule has 0 spiro atoms. The van der Waals surface area contributed by atoms with Crippen LogP contribution in [0.3, 0.4) is 0 Å². The summed E-state index contributed by atoms with van der Waals surface area (Å²) in [6, 6.07) is 8.89. The molecule has 0 aliphatic heterocycles. The zero-order valence-electron chi connectivity index (χ0n) is 11.6. The summed E-state index contributed by atoms with van der Waals surface area (Å²) in [4.78, 5) is 0. The standard InChI is InChI=1S/C18H24O/c19-13-18(15-6-2-1-3-7-15)12-14-5-4-8-17(11-14)16-9-10-16/h4-5,8,11-12,15-16,19H,1-3,6-7,9-10,13H2. The smallest absolute Gasteiger partial charge is 0.0647 e. The molecule has 3 rings (SSSR count). The van der Waals surface area contributed by atoms with Crippen LogP contribution in [0.5, 0.6) is 0 Å². The maximum absolute atomic E-state index is 9.66. The number of benzene rings is 1. The van der Waals surface area contributed by atoms with Crippen molar-refractivity contribution in [3.63, 3.8) is 0 Å². The van der Waals surface area contributed by atoms with Gasteiger partial charge in [0.05, 0.1) is 6.61 Å². The van der Waals surface area contributed by atoms with Crippen molar-refractivity contribution < 1.29 is 5.11 Å². The lowest BCUT2D eigenvalue weighted by atomic mass is 9.83. The zero-order chi connectivity index (χ0) is 13.1. The molecule has 2 saturated carbocycles. The van der Waals surface area contributed by atoms with E-state index < -0.39 is 0 Å². The molecule has 2 fully saturated rings. The summed E-state index contributed by atoms with van der Waals surface area (Å²) in [6.45, 7) is 0.221. The first-order valence-electron chi connectivity index (χ1n) is 7.78. The Hall–Kier alpha value is -1.08. The molecule has 0 aromatic heterocycles. The Bertz CT molecular complexity index is 451. The van der Waals surface area contributed by atoms with Crippen molar-refractivity contribution in [3.8, 4) is 0 Å². The number of hydrogen-bond donors (Lipinski definition) is 1. The van der Waals surface area contributed by atoms with Gasteiger partial charge in [0.2, 0.25) is 0 Å². The number of hydrogen-bond acceptors (Lipinski definition) is 1. The first-order chi connectivity index (χ1) is 9.36. The topological polar surface area (TPSA) is 20.2 Å². The van der Waals surface area contributed by atoms with Crippen LogP contribution in [-0.2, 0) is 0 Å². The third kappa shape index (κ3) is 3.27. The van der Waals surface area contributed by atoms with Gasteiger partial charge < -0.3 is 5.11 Å². The lowest BCUT2D eigenvalue weighted by Crippen LogP contribution is -2.11. The quantitative estimate of drug-likeness (QED) is 0.839. The SMILES string of the molecule is OCC(=Cc1cccc(C2CC2)c1)C1CCCCC1. The van der Waals surface area contributed by atoms with Gasteiger partial charge in [0.1, 0.15) is 0 Å². The first kappa shape index (κ1) is 12.9. The maximum atomic E-state index is 9.66. The second-order valence-electron chi connectivity index (χ2n) is 6.16. The van der Waals surface area contributed by atoms with E-state index in [9.17, 15) is 5.11 Å². The molecule has 2 aliphatic rings. The molecular weight excluding hydrogens is 232 g/mol. The highest BCUT2D eigenvalue weighted by Gasteiger charge is 2.23. The lowest BCUT2D eigenvalue weighted by Gasteiger charge is -2.23. The minimum absolute atomic E-state index is 0.221. The monoisotopic (exact) mass is 256 g/mol. The molecule has 1 heteroatoms. The molecule has 0 atom stereocenters. The minimum Gasteiger partial charge on any atom is -0.392 e. The van der Waals surface area contributed by atoms with Gasteiger partial charge >= 0.3 is 0 Å². The van der Waals surface area contributed by atoms with Crippen LogP contribution in [0, 0.1) is 5.92 Å². The van der Waals surface area contributed by atoms with Gasteiger partial charge in [-0.2, -0.15) is 0 Å². The van der Waals surface area contributed by atoms with Gasteiger partial charge in [-0.3, -0.25) is 0 Å². The number of aliphatic hydroxyl groups is 1. The highest BCUT2D eigenvalue weighted by atomic mass is 16.3. The normalized spacial score (nSPS) is 21.6. The summed E-state index contributed by atoms with van der Waals surface area (Å²) in [7, 11) is 0. The first-order valence-corrected chi connectivity index (χ1v) is 7.78. The van der Waals surface area contributed by atoms with E-state index in [-0.39, 0.29) is 6.61 Å². The molecule has 1 aromatic carbocycles. The molecule has 1 N–H and O–H groups in total. The third-order valence-electron chi connectivity index (χ3n) is 4.62. The van der Waals surface area contributed by atoms with Crippen LogP contribution in [0.4, 0.5) is 0 Å². The molecule has 1 nitrogen and oxygen atoms in total. The van der Waals surface area contributed by atoms with E-state index in [0.29, 0.717) is 5.92 Å².